The highest BCUT2D eigenvalue weighted by molar-refractivity contribution is 5.96. The minimum absolute atomic E-state index is 0.126. The van der Waals surface area contributed by atoms with Crippen LogP contribution in [-0.2, 0) is 19.1 Å². The Kier molecular flexibility index (Phi) is 7.01. The van der Waals surface area contributed by atoms with E-state index < -0.39 is 29.7 Å². The smallest absolute Gasteiger partial charge is 0.322 e. The monoisotopic (exact) mass is 409 g/mol. The number of carbonyl (C=O) groups excluding carboxylic acids is 2. The Morgan fingerprint density at radius 3 is 2.07 bits per heavy atom. The van der Waals surface area contributed by atoms with Crippen LogP contribution in [0, 0.1) is 11.7 Å². The van der Waals surface area contributed by atoms with Gasteiger partial charge in [0.05, 0.1) is 19.3 Å². The van der Waals surface area contributed by atoms with E-state index in [-0.39, 0.29) is 13.2 Å². The van der Waals surface area contributed by atoms with Crippen LogP contribution < -0.4 is 5.32 Å². The summed E-state index contributed by atoms with van der Waals surface area (Å²) in [6.45, 7) is 3.59. The Morgan fingerprint density at radius 2 is 1.47 bits per heavy atom. The van der Waals surface area contributed by atoms with Gasteiger partial charge in [0, 0.05) is 5.69 Å². The van der Waals surface area contributed by atoms with Gasteiger partial charge in [-0.25, -0.2) is 4.39 Å². The van der Waals surface area contributed by atoms with E-state index in [1.165, 1.54) is 12.1 Å². The van der Waals surface area contributed by atoms with Crippen LogP contribution in [0.3, 0.4) is 0 Å². The molecule has 0 spiro atoms. The fourth-order valence-corrected chi connectivity index (χ4v) is 3.32. The highest BCUT2D eigenvalue weighted by Gasteiger charge is 2.38. The molecular formula is C24H24FNO4. The van der Waals surface area contributed by atoms with E-state index >= 15 is 0 Å². The summed E-state index contributed by atoms with van der Waals surface area (Å²) in [7, 11) is 0. The number of halogens is 1. The van der Waals surface area contributed by atoms with Crippen molar-refractivity contribution < 1.29 is 23.5 Å². The molecule has 0 amide bonds. The lowest BCUT2D eigenvalue weighted by atomic mass is 9.92. The SMILES string of the molecule is CCOC(=O)C(C(=O)OCC)C(Nc1ccc2ccccc2c1)c1ccc(F)cc1. The highest BCUT2D eigenvalue weighted by atomic mass is 19.1. The fraction of sp³-hybridized carbons (Fsp3) is 0.250. The summed E-state index contributed by atoms with van der Waals surface area (Å²) in [4.78, 5) is 25.4. The third-order valence-corrected chi connectivity index (χ3v) is 4.72. The first-order valence-corrected chi connectivity index (χ1v) is 9.87. The Balaban J connectivity index is 2.03. The van der Waals surface area contributed by atoms with E-state index in [1.807, 2.05) is 42.5 Å². The number of hydrogen-bond acceptors (Lipinski definition) is 5. The van der Waals surface area contributed by atoms with E-state index in [2.05, 4.69) is 5.32 Å². The molecule has 6 heteroatoms. The minimum atomic E-state index is -1.25. The number of hydrogen-bond donors (Lipinski definition) is 1. The Labute approximate surface area is 174 Å². The van der Waals surface area contributed by atoms with Crippen molar-refractivity contribution in [3.05, 3.63) is 78.1 Å². The van der Waals surface area contributed by atoms with Gasteiger partial charge in [0.1, 0.15) is 5.82 Å². The molecule has 3 aromatic rings. The molecule has 0 fully saturated rings. The van der Waals surface area contributed by atoms with Crippen molar-refractivity contribution >= 4 is 28.4 Å². The van der Waals surface area contributed by atoms with Crippen molar-refractivity contribution in [2.45, 2.75) is 19.9 Å². The molecule has 0 radical (unpaired) electrons. The number of ether oxygens (including phenoxy) is 2. The number of rotatable bonds is 8. The molecule has 0 heterocycles. The summed E-state index contributed by atoms with van der Waals surface area (Å²) in [6, 6.07) is 18.5. The molecule has 0 aromatic heterocycles. The van der Waals surface area contributed by atoms with Crippen LogP contribution in [0.5, 0.6) is 0 Å². The first kappa shape index (κ1) is 21.3. The van der Waals surface area contributed by atoms with Crippen LogP contribution >= 0.6 is 0 Å². The summed E-state index contributed by atoms with van der Waals surface area (Å²) in [5, 5.41) is 5.33. The second-order valence-corrected chi connectivity index (χ2v) is 6.72. The van der Waals surface area contributed by atoms with E-state index in [0.29, 0.717) is 11.3 Å². The average Bonchev–Trinajstić information content (AvgIpc) is 2.74. The van der Waals surface area contributed by atoms with Crippen molar-refractivity contribution in [3.8, 4) is 0 Å². The number of benzene rings is 3. The zero-order chi connectivity index (χ0) is 21.5. The molecule has 0 aliphatic carbocycles. The molecule has 0 saturated carbocycles. The van der Waals surface area contributed by atoms with Crippen molar-refractivity contribution in [3.63, 3.8) is 0 Å². The molecule has 1 unspecified atom stereocenters. The van der Waals surface area contributed by atoms with Crippen molar-refractivity contribution in [1.29, 1.82) is 0 Å². The Morgan fingerprint density at radius 1 is 0.867 bits per heavy atom. The van der Waals surface area contributed by atoms with Crippen LogP contribution in [0.15, 0.2) is 66.7 Å². The number of carbonyl (C=O) groups is 2. The summed E-state index contributed by atoms with van der Waals surface area (Å²) < 4.78 is 23.8. The van der Waals surface area contributed by atoms with Gasteiger partial charge in [-0.15, -0.1) is 0 Å². The van der Waals surface area contributed by atoms with Gasteiger partial charge in [-0.2, -0.15) is 0 Å². The number of esters is 2. The maximum absolute atomic E-state index is 13.5. The van der Waals surface area contributed by atoms with Crippen LogP contribution in [0.2, 0.25) is 0 Å². The number of anilines is 1. The molecule has 30 heavy (non-hydrogen) atoms. The largest absolute Gasteiger partial charge is 0.465 e. The second kappa shape index (κ2) is 9.87. The predicted octanol–water partition coefficient (Wildman–Crippen LogP) is 4.87. The third-order valence-electron chi connectivity index (χ3n) is 4.72. The molecule has 0 saturated heterocycles. The number of nitrogens with one attached hydrogen (secondary N) is 1. The zero-order valence-electron chi connectivity index (χ0n) is 16.9. The lowest BCUT2D eigenvalue weighted by Crippen LogP contribution is -2.36. The topological polar surface area (TPSA) is 64.6 Å². The molecule has 0 bridgehead atoms. The average molecular weight is 409 g/mol. The normalized spacial score (nSPS) is 11.9. The quantitative estimate of drug-likeness (QED) is 0.425. The van der Waals surface area contributed by atoms with Crippen molar-refractivity contribution in [2.75, 3.05) is 18.5 Å². The van der Waals surface area contributed by atoms with E-state index in [0.717, 1.165) is 10.8 Å². The maximum atomic E-state index is 13.5. The first-order chi connectivity index (χ1) is 14.5. The van der Waals surface area contributed by atoms with Crippen LogP contribution in [0.4, 0.5) is 10.1 Å². The Bertz CT molecular complexity index is 1000. The molecule has 1 atom stereocenters. The molecule has 1 N–H and O–H groups in total. The molecule has 5 nitrogen and oxygen atoms in total. The summed E-state index contributed by atoms with van der Waals surface area (Å²) in [5.74, 6) is -3.05. The van der Waals surface area contributed by atoms with Gasteiger partial charge in [0.15, 0.2) is 5.92 Å². The van der Waals surface area contributed by atoms with Gasteiger partial charge in [-0.3, -0.25) is 9.59 Å². The van der Waals surface area contributed by atoms with Crippen molar-refractivity contribution in [1.82, 2.24) is 0 Å². The van der Waals surface area contributed by atoms with Crippen LogP contribution in [-0.4, -0.2) is 25.2 Å². The highest BCUT2D eigenvalue weighted by Crippen LogP contribution is 2.31. The standard InChI is InChI=1S/C24H24FNO4/c1-3-29-23(27)21(24(28)30-4-2)22(17-9-12-19(25)13-10-17)26-20-14-11-16-7-5-6-8-18(16)15-20/h5-15,21-22,26H,3-4H2,1-2H3. The van der Waals surface area contributed by atoms with Crippen LogP contribution in [0.1, 0.15) is 25.5 Å². The lowest BCUT2D eigenvalue weighted by molar-refractivity contribution is -0.162. The van der Waals surface area contributed by atoms with Crippen molar-refractivity contribution in [2.24, 2.45) is 5.92 Å². The third kappa shape index (κ3) is 4.95. The molecule has 156 valence electrons. The zero-order valence-corrected chi connectivity index (χ0v) is 16.9. The summed E-state index contributed by atoms with van der Waals surface area (Å²) in [6.07, 6.45) is 0. The Hall–Kier alpha value is -3.41. The summed E-state index contributed by atoms with van der Waals surface area (Å²) in [5.41, 5.74) is 1.28. The van der Waals surface area contributed by atoms with Gasteiger partial charge in [0.25, 0.3) is 0 Å². The van der Waals surface area contributed by atoms with Crippen LogP contribution in [0.25, 0.3) is 10.8 Å². The van der Waals surface area contributed by atoms with Gasteiger partial charge >= 0.3 is 11.9 Å². The van der Waals surface area contributed by atoms with E-state index in [1.54, 1.807) is 26.0 Å². The van der Waals surface area contributed by atoms with E-state index in [4.69, 9.17) is 9.47 Å². The first-order valence-electron chi connectivity index (χ1n) is 9.87. The van der Waals surface area contributed by atoms with Gasteiger partial charge in [-0.05, 0) is 54.4 Å². The number of fused-ring (bicyclic) bond motifs is 1. The van der Waals surface area contributed by atoms with Gasteiger partial charge in [0.2, 0.25) is 0 Å². The lowest BCUT2D eigenvalue weighted by Gasteiger charge is -2.26. The second-order valence-electron chi connectivity index (χ2n) is 6.72. The van der Waals surface area contributed by atoms with E-state index in [9.17, 15) is 14.0 Å². The van der Waals surface area contributed by atoms with Gasteiger partial charge in [-0.1, -0.05) is 42.5 Å². The fourth-order valence-electron chi connectivity index (χ4n) is 3.32. The predicted molar refractivity (Wildman–Crippen MR) is 113 cm³/mol. The van der Waals surface area contributed by atoms with Gasteiger partial charge < -0.3 is 14.8 Å². The summed E-state index contributed by atoms with van der Waals surface area (Å²) >= 11 is 0. The molecule has 0 aliphatic heterocycles. The molecular weight excluding hydrogens is 385 g/mol. The maximum Gasteiger partial charge on any atom is 0.322 e. The molecule has 3 rings (SSSR count). The minimum Gasteiger partial charge on any atom is -0.465 e. The molecule has 0 aliphatic rings. The molecule has 3 aromatic carbocycles.